The van der Waals surface area contributed by atoms with E-state index in [1.165, 1.54) is 16.7 Å². The minimum absolute atomic E-state index is 0.404. The predicted octanol–water partition coefficient (Wildman–Crippen LogP) is 3.75. The van der Waals surface area contributed by atoms with Crippen LogP contribution in [0.2, 0.25) is 0 Å². The van der Waals surface area contributed by atoms with Crippen molar-refractivity contribution in [3.63, 3.8) is 0 Å². The van der Waals surface area contributed by atoms with Crippen molar-refractivity contribution in [1.29, 1.82) is 0 Å². The molecule has 0 fully saturated rings. The molecule has 1 radical (unpaired) electrons. The lowest BCUT2D eigenvalue weighted by molar-refractivity contribution is 0.905. The molecular weight excluding hydrogens is 156 g/mol. The summed E-state index contributed by atoms with van der Waals surface area (Å²) in [5.41, 5.74) is 4.41. The zero-order valence-electron chi connectivity index (χ0n) is 8.93. The fourth-order valence-corrected chi connectivity index (χ4v) is 1.88. The van der Waals surface area contributed by atoms with Gasteiger partial charge in [0.25, 0.3) is 0 Å². The van der Waals surface area contributed by atoms with Crippen LogP contribution in [0.1, 0.15) is 43.4 Å². The zero-order valence-corrected chi connectivity index (χ0v) is 8.93. The Kier molecular flexibility index (Phi) is 3.53. The largest absolute Gasteiger partial charge is 0.0617 e. The molecular formula is C13H19. The fraction of sp³-hybridized carbons (Fsp3) is 0.462. The summed E-state index contributed by atoms with van der Waals surface area (Å²) in [5.74, 6) is 0.404. The second kappa shape index (κ2) is 4.45. The molecule has 0 aliphatic rings. The molecule has 0 saturated heterocycles. The summed E-state index contributed by atoms with van der Waals surface area (Å²) in [6, 6.07) is 6.58. The molecule has 1 unspecified atom stereocenters. The summed E-state index contributed by atoms with van der Waals surface area (Å²) in [7, 11) is 0. The molecule has 0 bridgehead atoms. The van der Waals surface area contributed by atoms with Gasteiger partial charge in [-0.1, -0.05) is 39.0 Å². The second-order valence-corrected chi connectivity index (χ2v) is 3.59. The average molecular weight is 175 g/mol. The molecule has 0 aromatic heterocycles. The van der Waals surface area contributed by atoms with Gasteiger partial charge in [-0.15, -0.1) is 0 Å². The first-order valence-electron chi connectivity index (χ1n) is 5.14. The van der Waals surface area contributed by atoms with Crippen molar-refractivity contribution in [2.24, 2.45) is 0 Å². The van der Waals surface area contributed by atoms with Crippen LogP contribution >= 0.6 is 0 Å². The maximum atomic E-state index is 4.09. The number of hydrogen-bond donors (Lipinski definition) is 0. The van der Waals surface area contributed by atoms with E-state index in [9.17, 15) is 0 Å². The van der Waals surface area contributed by atoms with Gasteiger partial charge in [-0.05, 0) is 42.4 Å². The summed E-state index contributed by atoms with van der Waals surface area (Å²) in [5, 5.41) is 0. The highest BCUT2D eigenvalue weighted by molar-refractivity contribution is 5.37. The smallest absolute Gasteiger partial charge is 0.0187 e. The Morgan fingerprint density at radius 3 is 2.38 bits per heavy atom. The Hall–Kier alpha value is -0.780. The molecule has 0 amide bonds. The van der Waals surface area contributed by atoms with Gasteiger partial charge < -0.3 is 0 Å². The molecule has 1 aromatic rings. The van der Waals surface area contributed by atoms with E-state index < -0.39 is 0 Å². The minimum Gasteiger partial charge on any atom is -0.0617 e. The summed E-state index contributed by atoms with van der Waals surface area (Å²) >= 11 is 0. The van der Waals surface area contributed by atoms with Gasteiger partial charge in [-0.25, -0.2) is 0 Å². The molecule has 0 heteroatoms. The topological polar surface area (TPSA) is 0 Å². The quantitative estimate of drug-likeness (QED) is 0.656. The van der Waals surface area contributed by atoms with Crippen LogP contribution in [-0.4, -0.2) is 0 Å². The van der Waals surface area contributed by atoms with Gasteiger partial charge >= 0.3 is 0 Å². The van der Waals surface area contributed by atoms with Crippen molar-refractivity contribution in [2.45, 2.75) is 39.5 Å². The highest BCUT2D eigenvalue weighted by atomic mass is 14.1. The van der Waals surface area contributed by atoms with Gasteiger partial charge in [-0.3, -0.25) is 0 Å². The van der Waals surface area contributed by atoms with Gasteiger partial charge in [0.15, 0.2) is 0 Å². The van der Waals surface area contributed by atoms with Crippen LogP contribution in [0.15, 0.2) is 18.2 Å². The fourth-order valence-electron chi connectivity index (χ4n) is 1.88. The van der Waals surface area contributed by atoms with Crippen molar-refractivity contribution in [3.05, 3.63) is 41.8 Å². The third kappa shape index (κ3) is 2.12. The summed E-state index contributed by atoms with van der Waals surface area (Å²) in [6.07, 6.45) is 2.25. The van der Waals surface area contributed by atoms with Crippen LogP contribution in [0.25, 0.3) is 0 Å². The first-order chi connectivity index (χ1) is 6.20. The highest BCUT2D eigenvalue weighted by Gasteiger charge is 2.07. The van der Waals surface area contributed by atoms with Crippen LogP contribution in [-0.2, 0) is 12.8 Å². The van der Waals surface area contributed by atoms with Crippen molar-refractivity contribution in [2.75, 3.05) is 0 Å². The zero-order chi connectivity index (χ0) is 9.84. The molecule has 1 rings (SSSR count). The first kappa shape index (κ1) is 10.3. The summed E-state index contributed by atoms with van der Waals surface area (Å²) in [6.45, 7) is 10.7. The normalized spacial score (nSPS) is 10.8. The Morgan fingerprint density at radius 2 is 1.92 bits per heavy atom. The summed E-state index contributed by atoms with van der Waals surface area (Å²) < 4.78 is 0. The maximum Gasteiger partial charge on any atom is -0.0187 e. The van der Waals surface area contributed by atoms with E-state index in [-0.39, 0.29) is 0 Å². The van der Waals surface area contributed by atoms with E-state index >= 15 is 0 Å². The first-order valence-corrected chi connectivity index (χ1v) is 5.14. The lowest BCUT2D eigenvalue weighted by Crippen LogP contribution is -1.99. The van der Waals surface area contributed by atoms with Gasteiger partial charge in [0.05, 0.1) is 0 Å². The van der Waals surface area contributed by atoms with Crippen molar-refractivity contribution >= 4 is 0 Å². The Morgan fingerprint density at radius 1 is 1.23 bits per heavy atom. The average Bonchev–Trinajstić information content (AvgIpc) is 2.16. The molecule has 0 nitrogen and oxygen atoms in total. The molecule has 71 valence electrons. The lowest BCUT2D eigenvalue weighted by Gasteiger charge is -2.14. The van der Waals surface area contributed by atoms with E-state index in [1.807, 2.05) is 0 Å². The van der Waals surface area contributed by atoms with Gasteiger partial charge in [0, 0.05) is 0 Å². The Balaban J connectivity index is 3.19. The second-order valence-electron chi connectivity index (χ2n) is 3.59. The Labute approximate surface area is 82.0 Å². The van der Waals surface area contributed by atoms with Gasteiger partial charge in [0.2, 0.25) is 0 Å². The molecule has 0 heterocycles. The highest BCUT2D eigenvalue weighted by Crippen LogP contribution is 2.23. The standard InChI is InChI=1S/C13H19/c1-5-11-8-7-9-13(10(3)4)12(11)6-2/h7-10H,3,5-6H2,1-2,4H3. The van der Waals surface area contributed by atoms with Gasteiger partial charge in [-0.2, -0.15) is 0 Å². The van der Waals surface area contributed by atoms with Crippen molar-refractivity contribution in [3.8, 4) is 0 Å². The predicted molar refractivity (Wildman–Crippen MR) is 59.0 cm³/mol. The van der Waals surface area contributed by atoms with Crippen molar-refractivity contribution < 1.29 is 0 Å². The molecule has 1 atom stereocenters. The lowest BCUT2D eigenvalue weighted by atomic mass is 9.91. The van der Waals surface area contributed by atoms with Crippen molar-refractivity contribution in [1.82, 2.24) is 0 Å². The molecule has 0 N–H and O–H groups in total. The van der Waals surface area contributed by atoms with Crippen LogP contribution in [0.5, 0.6) is 0 Å². The number of benzene rings is 1. The summed E-state index contributed by atoms with van der Waals surface area (Å²) in [4.78, 5) is 0. The van der Waals surface area contributed by atoms with Crippen LogP contribution in [0.3, 0.4) is 0 Å². The van der Waals surface area contributed by atoms with E-state index in [0.717, 1.165) is 12.8 Å². The van der Waals surface area contributed by atoms with Crippen LogP contribution in [0, 0.1) is 6.92 Å². The van der Waals surface area contributed by atoms with Gasteiger partial charge in [0.1, 0.15) is 0 Å². The number of rotatable bonds is 3. The molecule has 0 aliphatic carbocycles. The third-order valence-electron chi connectivity index (χ3n) is 2.57. The van der Waals surface area contributed by atoms with E-state index in [4.69, 9.17) is 0 Å². The monoisotopic (exact) mass is 175 g/mol. The van der Waals surface area contributed by atoms with E-state index in [1.54, 1.807) is 0 Å². The van der Waals surface area contributed by atoms with E-state index in [0.29, 0.717) is 5.92 Å². The molecule has 0 aliphatic heterocycles. The maximum absolute atomic E-state index is 4.09. The van der Waals surface area contributed by atoms with Crippen LogP contribution < -0.4 is 0 Å². The SMILES string of the molecule is [CH2]C(C)c1cccc(CC)c1CC. The molecule has 0 spiro atoms. The minimum atomic E-state index is 0.404. The molecule has 0 saturated carbocycles. The third-order valence-corrected chi connectivity index (χ3v) is 2.57. The van der Waals surface area contributed by atoms with Crippen LogP contribution in [0.4, 0.5) is 0 Å². The number of aryl methyl sites for hydroxylation is 1. The Bertz CT molecular complexity index is 271. The number of hydrogen-bond acceptors (Lipinski definition) is 0. The molecule has 13 heavy (non-hydrogen) atoms. The van der Waals surface area contributed by atoms with E-state index in [2.05, 4.69) is 45.9 Å². The molecule has 1 aromatic carbocycles.